The number of amides is 1. The van der Waals surface area contributed by atoms with Crippen LogP contribution in [0.25, 0.3) is 21.4 Å². The molecule has 0 spiro atoms. The van der Waals surface area contributed by atoms with E-state index in [2.05, 4.69) is 69.7 Å². The van der Waals surface area contributed by atoms with E-state index in [9.17, 15) is 46.1 Å². The largest absolute Gasteiger partial charge is 0.478 e. The lowest BCUT2D eigenvalue weighted by molar-refractivity contribution is -0.160. The maximum Gasteiger partial charge on any atom is 0.471 e. The number of anilines is 4. The third kappa shape index (κ3) is 11.2. The summed E-state index contributed by atoms with van der Waals surface area (Å²) in [5, 5.41) is 41.8. The van der Waals surface area contributed by atoms with E-state index in [-0.39, 0.29) is 68.1 Å². The third-order valence-corrected chi connectivity index (χ3v) is 11.2. The van der Waals surface area contributed by atoms with Crippen LogP contribution in [-0.2, 0) is 25.4 Å². The molecule has 1 fully saturated rings. The van der Waals surface area contributed by atoms with Crippen molar-refractivity contribution in [1.29, 1.82) is 0 Å². The van der Waals surface area contributed by atoms with Gasteiger partial charge in [0.15, 0.2) is 23.3 Å². The molecule has 29 heteroatoms. The van der Waals surface area contributed by atoms with Crippen molar-refractivity contribution in [3.63, 3.8) is 0 Å². The van der Waals surface area contributed by atoms with Crippen LogP contribution < -0.4 is 9.80 Å². The third-order valence-electron chi connectivity index (χ3n) is 9.06. The molecule has 68 heavy (non-hydrogen) atoms. The van der Waals surface area contributed by atoms with E-state index in [1.807, 2.05) is 0 Å². The van der Waals surface area contributed by atoms with Crippen LogP contribution in [0.15, 0.2) is 95.0 Å². The Kier molecular flexibility index (Phi) is 13.8. The van der Waals surface area contributed by atoms with Crippen molar-refractivity contribution < 1.29 is 55.2 Å². The average molecular weight is 984 g/mol. The Morgan fingerprint density at radius 1 is 0.706 bits per heavy atom. The summed E-state index contributed by atoms with van der Waals surface area (Å²) in [6.45, 7) is 2.42. The van der Waals surface area contributed by atoms with E-state index >= 15 is 0 Å². The second kappa shape index (κ2) is 19.5. The normalized spacial score (nSPS) is 13.1. The smallest absolute Gasteiger partial charge is 0.471 e. The van der Waals surface area contributed by atoms with Crippen molar-refractivity contribution >= 4 is 57.8 Å². The molecular formula is C39H31F6N15O6S2. The van der Waals surface area contributed by atoms with E-state index in [0.29, 0.717) is 37.0 Å². The van der Waals surface area contributed by atoms with Gasteiger partial charge < -0.3 is 34.0 Å². The molecule has 0 unspecified atom stereocenters. The minimum absolute atomic E-state index is 0. The van der Waals surface area contributed by atoms with Crippen LogP contribution in [0, 0.1) is 0 Å². The lowest BCUT2D eigenvalue weighted by atomic mass is 9.96. The topological polar surface area (TPSA) is 265 Å². The number of thiophene rings is 2. The van der Waals surface area contributed by atoms with Gasteiger partial charge in [0.05, 0.1) is 77.4 Å². The number of aromatic nitrogens is 12. The summed E-state index contributed by atoms with van der Waals surface area (Å²) in [6.07, 6.45) is 1.86. The Morgan fingerprint density at radius 2 is 1.16 bits per heavy atom. The zero-order valence-corrected chi connectivity index (χ0v) is 35.4. The van der Waals surface area contributed by atoms with Crippen molar-refractivity contribution in [2.75, 3.05) is 22.9 Å². The van der Waals surface area contributed by atoms with Gasteiger partial charge in [-0.2, -0.15) is 46.5 Å². The maximum atomic E-state index is 12.8. The fourth-order valence-electron chi connectivity index (χ4n) is 6.09. The van der Waals surface area contributed by atoms with Crippen LogP contribution in [-0.4, -0.2) is 106 Å². The first-order valence-corrected chi connectivity index (χ1v) is 20.5. The monoisotopic (exact) mass is 983 g/mol. The van der Waals surface area contributed by atoms with Crippen LogP contribution in [0.4, 0.5) is 49.6 Å². The summed E-state index contributed by atoms with van der Waals surface area (Å²) in [7, 11) is 0. The van der Waals surface area contributed by atoms with Gasteiger partial charge in [-0.3, -0.25) is 14.8 Å². The Morgan fingerprint density at radius 3 is 1.56 bits per heavy atom. The van der Waals surface area contributed by atoms with Gasteiger partial charge in [0.1, 0.15) is 0 Å². The Hall–Kier alpha value is -7.92. The van der Waals surface area contributed by atoms with Gasteiger partial charge in [0.25, 0.3) is 5.91 Å². The number of likely N-dealkylation sites (tertiary alicyclic amines) is 1. The molecule has 352 valence electrons. The minimum atomic E-state index is -4.74. The van der Waals surface area contributed by atoms with E-state index in [1.54, 1.807) is 47.1 Å². The summed E-state index contributed by atoms with van der Waals surface area (Å²) < 4.78 is 85.1. The fraction of sp³-hybridized carbons (Fsp3) is 0.231. The molecule has 0 aliphatic carbocycles. The Bertz CT molecular complexity index is 3000. The number of nitrogens with zero attached hydrogens (tertiary/aromatic N) is 15. The quantitative estimate of drug-likeness (QED) is 0.117. The molecule has 1 aliphatic rings. The van der Waals surface area contributed by atoms with Crippen molar-refractivity contribution in [3.05, 3.63) is 119 Å². The van der Waals surface area contributed by atoms with E-state index in [4.69, 9.17) is 0 Å². The molecule has 0 radical (unpaired) electrons. The maximum absolute atomic E-state index is 12.8. The number of aliphatic hydroxyl groups is 1. The first kappa shape index (κ1) is 48.0. The van der Waals surface area contributed by atoms with Gasteiger partial charge in [-0.05, 0) is 43.3 Å². The summed E-state index contributed by atoms with van der Waals surface area (Å²) in [5.41, 5.74) is -0.707. The number of carbonyl (C=O) groups is 2. The molecular weight excluding hydrogens is 953 g/mol. The van der Waals surface area contributed by atoms with Crippen LogP contribution in [0.1, 0.15) is 56.6 Å². The number of hydrogen-bond donors (Lipinski definition) is 2. The number of hydrogen-bond acceptors (Lipinski definition) is 21. The van der Waals surface area contributed by atoms with Crippen LogP contribution in [0.2, 0.25) is 0 Å². The summed E-state index contributed by atoms with van der Waals surface area (Å²) in [4.78, 5) is 54.4. The summed E-state index contributed by atoms with van der Waals surface area (Å²) in [5.74, 6) is -3.40. The SMILES string of the molecule is C.CC1(O)CN(C(=O)c2cnnc(N(Cc3ccc(-c4noc(C(F)(F)F)n4)s3)c3cnccn3)c2)C1.O=C(O)c1cnnc(N(Cc2ccc(-c3noc(C(F)(F)F)n3)s2)c2cnccn2)c1. The van der Waals surface area contributed by atoms with Crippen LogP contribution in [0.5, 0.6) is 0 Å². The predicted octanol–water partition coefficient (Wildman–Crippen LogP) is 7.01. The standard InChI is InChI=1S/C21H17F3N8O3S.C17H10F3N7O3S.CH4/c1-20(34)10-31(11-20)18(33)12-6-15(29-27-7-12)32(16-8-25-4-5-26-16)9-13-2-3-14(36-13)17-28-19(35-30-17)21(22,23)24;18-17(19,20)16-24-14(26-30-16)11-2-1-10(31-11)8-27(13-7-21-3-4-22-13)12-5-9(15(28)29)6-23-25-12;/h2-8,34H,9-11H2,1H3;1-7H,8H2,(H,28,29);1H4. The molecule has 0 atom stereocenters. The lowest BCUT2D eigenvalue weighted by Crippen LogP contribution is -2.61. The molecule has 0 bridgehead atoms. The molecule has 8 aromatic rings. The molecule has 1 amide bonds. The number of carboxylic acid groups (broad SMARTS) is 1. The van der Waals surface area contributed by atoms with Crippen LogP contribution >= 0.6 is 22.7 Å². The predicted molar refractivity (Wildman–Crippen MR) is 225 cm³/mol. The van der Waals surface area contributed by atoms with Crippen molar-refractivity contribution in [3.8, 4) is 21.4 Å². The molecule has 9 rings (SSSR count). The van der Waals surface area contributed by atoms with Gasteiger partial charge in [-0.15, -0.1) is 32.9 Å². The number of aromatic carboxylic acids is 1. The van der Waals surface area contributed by atoms with Crippen molar-refractivity contribution in [1.82, 2.24) is 65.5 Å². The fourth-order valence-corrected chi connectivity index (χ4v) is 7.93. The first-order chi connectivity index (χ1) is 31.9. The lowest BCUT2D eigenvalue weighted by Gasteiger charge is -2.44. The number of β-amino-alcohol motifs (C(OH)–C–C–N with tert-alkyl or cyclic N) is 1. The second-order valence-corrected chi connectivity index (χ2v) is 16.6. The van der Waals surface area contributed by atoms with E-state index in [0.717, 1.165) is 28.9 Å². The van der Waals surface area contributed by atoms with E-state index < -0.39 is 35.7 Å². The number of halogens is 6. The number of carboxylic acids is 1. The summed E-state index contributed by atoms with van der Waals surface area (Å²) in [6, 6.07) is 9.40. The summed E-state index contributed by atoms with van der Waals surface area (Å²) >= 11 is 2.29. The van der Waals surface area contributed by atoms with Crippen molar-refractivity contribution in [2.45, 2.75) is 45.4 Å². The molecule has 1 aliphatic heterocycles. The molecule has 2 N–H and O–H groups in total. The average Bonchev–Trinajstić information content (AvgIpc) is 4.15. The zero-order valence-electron chi connectivity index (χ0n) is 33.7. The van der Waals surface area contributed by atoms with Gasteiger partial charge in [0.2, 0.25) is 11.6 Å². The van der Waals surface area contributed by atoms with Crippen molar-refractivity contribution in [2.24, 2.45) is 0 Å². The highest BCUT2D eigenvalue weighted by molar-refractivity contribution is 7.15. The molecule has 0 saturated carbocycles. The molecule has 1 saturated heterocycles. The minimum Gasteiger partial charge on any atom is -0.478 e. The van der Waals surface area contributed by atoms with E-state index in [1.165, 1.54) is 54.3 Å². The Labute approximate surface area is 385 Å². The molecule has 8 aromatic heterocycles. The molecule has 0 aromatic carbocycles. The highest BCUT2D eigenvalue weighted by Crippen LogP contribution is 2.36. The van der Waals surface area contributed by atoms with Gasteiger partial charge in [-0.1, -0.05) is 17.7 Å². The van der Waals surface area contributed by atoms with Gasteiger partial charge in [0, 0.05) is 34.5 Å². The number of alkyl halides is 6. The number of rotatable bonds is 12. The van der Waals surface area contributed by atoms with Gasteiger partial charge >= 0.3 is 30.1 Å². The van der Waals surface area contributed by atoms with Crippen LogP contribution in [0.3, 0.4) is 0 Å². The first-order valence-electron chi connectivity index (χ1n) is 18.9. The number of carbonyl (C=O) groups excluding carboxylic acids is 1. The highest BCUT2D eigenvalue weighted by Gasteiger charge is 2.41. The highest BCUT2D eigenvalue weighted by atomic mass is 32.1. The Balaban J connectivity index is 0.000000201. The molecule has 9 heterocycles. The van der Waals surface area contributed by atoms with Gasteiger partial charge in [-0.25, -0.2) is 14.8 Å². The zero-order chi connectivity index (χ0) is 47.5. The second-order valence-electron chi connectivity index (χ2n) is 14.2. The molecule has 21 nitrogen and oxygen atoms in total.